The van der Waals surface area contributed by atoms with Gasteiger partial charge in [0.25, 0.3) is 5.91 Å². The number of hydrogen-bond donors (Lipinski definition) is 0. The Kier molecular flexibility index (Phi) is 5.49. The van der Waals surface area contributed by atoms with Crippen LogP contribution in [0, 0.1) is 5.82 Å². The Morgan fingerprint density at radius 3 is 2.68 bits per heavy atom. The third-order valence-electron chi connectivity index (χ3n) is 3.09. The van der Waals surface area contributed by atoms with Gasteiger partial charge in [-0.05, 0) is 58.7 Å². The van der Waals surface area contributed by atoms with Crippen LogP contribution in [-0.4, -0.2) is 28.9 Å². The topological polar surface area (TPSA) is 42.4 Å². The summed E-state index contributed by atoms with van der Waals surface area (Å²) in [4.78, 5) is 17.8. The zero-order chi connectivity index (χ0) is 16.1. The molecule has 2 aromatic rings. The first kappa shape index (κ1) is 16.4. The minimum absolute atomic E-state index is 0.159. The molecule has 0 bridgehead atoms. The van der Waals surface area contributed by atoms with Crippen molar-refractivity contribution in [1.29, 1.82) is 0 Å². The number of carbonyl (C=O) groups excluding carboxylic acids is 1. The van der Waals surface area contributed by atoms with Gasteiger partial charge < -0.3 is 9.64 Å². The number of hydrogen-bond acceptors (Lipinski definition) is 3. The Hall–Kier alpha value is -1.95. The van der Waals surface area contributed by atoms with Crippen molar-refractivity contribution in [3.05, 3.63) is 58.6 Å². The van der Waals surface area contributed by atoms with Crippen molar-refractivity contribution in [2.75, 3.05) is 7.05 Å². The van der Waals surface area contributed by atoms with Gasteiger partial charge in [0.15, 0.2) is 6.10 Å². The Labute approximate surface area is 137 Å². The van der Waals surface area contributed by atoms with Gasteiger partial charge in [-0.2, -0.15) is 0 Å². The lowest BCUT2D eigenvalue weighted by atomic mass is 10.2. The van der Waals surface area contributed by atoms with Crippen LogP contribution < -0.4 is 4.74 Å². The molecule has 6 heteroatoms. The maximum absolute atomic E-state index is 13.0. The van der Waals surface area contributed by atoms with Gasteiger partial charge in [0, 0.05) is 26.0 Å². The summed E-state index contributed by atoms with van der Waals surface area (Å²) in [5.41, 5.74) is 0.987. The maximum atomic E-state index is 13.0. The number of carbonyl (C=O) groups is 1. The Balaban J connectivity index is 1.99. The van der Waals surface area contributed by atoms with Gasteiger partial charge >= 0.3 is 0 Å². The maximum Gasteiger partial charge on any atom is 0.263 e. The van der Waals surface area contributed by atoms with Crippen molar-refractivity contribution in [3.63, 3.8) is 0 Å². The average Bonchev–Trinajstić information content (AvgIpc) is 2.50. The summed E-state index contributed by atoms with van der Waals surface area (Å²) in [6.45, 7) is 2.14. The molecule has 116 valence electrons. The average molecular weight is 367 g/mol. The van der Waals surface area contributed by atoms with Gasteiger partial charge in [-0.15, -0.1) is 0 Å². The first-order chi connectivity index (χ1) is 10.5. The molecule has 0 fully saturated rings. The molecule has 22 heavy (non-hydrogen) atoms. The number of amides is 1. The molecule has 0 aliphatic rings. The van der Waals surface area contributed by atoms with Crippen LogP contribution in [0.4, 0.5) is 4.39 Å². The highest BCUT2D eigenvalue weighted by Gasteiger charge is 2.20. The fourth-order valence-electron chi connectivity index (χ4n) is 1.96. The molecule has 2 rings (SSSR count). The highest BCUT2D eigenvalue weighted by Crippen LogP contribution is 2.26. The molecule has 0 N–H and O–H groups in total. The lowest BCUT2D eigenvalue weighted by molar-refractivity contribution is -0.137. The lowest BCUT2D eigenvalue weighted by Gasteiger charge is -2.22. The predicted octanol–water partition coefficient (Wildman–Crippen LogP) is 3.41. The number of aromatic nitrogens is 1. The molecule has 1 amide bonds. The standard InChI is InChI=1S/C16H16BrFN2O2/c1-11(22-15-4-3-13(18)9-14(15)17)16(21)20(2)10-12-5-7-19-8-6-12/h3-9,11H,10H2,1-2H3. The van der Waals surface area contributed by atoms with Crippen LogP contribution in [0.25, 0.3) is 0 Å². The van der Waals surface area contributed by atoms with Crippen LogP contribution >= 0.6 is 15.9 Å². The molecule has 1 unspecified atom stereocenters. The molecule has 1 aromatic carbocycles. The Morgan fingerprint density at radius 2 is 2.05 bits per heavy atom. The first-order valence-electron chi connectivity index (χ1n) is 6.73. The molecule has 0 saturated carbocycles. The second-order valence-electron chi connectivity index (χ2n) is 4.88. The summed E-state index contributed by atoms with van der Waals surface area (Å²) in [5.74, 6) is -0.0967. The summed E-state index contributed by atoms with van der Waals surface area (Å²) in [5, 5.41) is 0. The number of benzene rings is 1. The van der Waals surface area contributed by atoms with Crippen LogP contribution in [0.5, 0.6) is 5.75 Å². The number of likely N-dealkylation sites (N-methyl/N-ethyl adjacent to an activating group) is 1. The molecule has 1 atom stereocenters. The van der Waals surface area contributed by atoms with Gasteiger partial charge in [-0.3, -0.25) is 9.78 Å². The molecule has 0 aliphatic carbocycles. The van der Waals surface area contributed by atoms with Crippen molar-refractivity contribution in [1.82, 2.24) is 9.88 Å². The monoisotopic (exact) mass is 366 g/mol. The van der Waals surface area contributed by atoms with E-state index in [0.29, 0.717) is 16.8 Å². The smallest absolute Gasteiger partial charge is 0.263 e. The molecule has 0 saturated heterocycles. The molecule has 0 aliphatic heterocycles. The van der Waals surface area contributed by atoms with Crippen molar-refractivity contribution < 1.29 is 13.9 Å². The molecular weight excluding hydrogens is 351 g/mol. The number of rotatable bonds is 5. The van der Waals surface area contributed by atoms with E-state index in [0.717, 1.165) is 5.56 Å². The van der Waals surface area contributed by atoms with Gasteiger partial charge in [0.05, 0.1) is 4.47 Å². The zero-order valence-corrected chi connectivity index (χ0v) is 13.9. The van der Waals surface area contributed by atoms with Gasteiger partial charge in [-0.1, -0.05) is 0 Å². The molecule has 1 aromatic heterocycles. The van der Waals surface area contributed by atoms with Crippen LogP contribution in [0.3, 0.4) is 0 Å². The lowest BCUT2D eigenvalue weighted by Crippen LogP contribution is -2.37. The second-order valence-corrected chi connectivity index (χ2v) is 5.74. The molecule has 0 spiro atoms. The number of pyridine rings is 1. The minimum Gasteiger partial charge on any atom is -0.480 e. The van der Waals surface area contributed by atoms with Crippen LogP contribution in [0.15, 0.2) is 47.2 Å². The second kappa shape index (κ2) is 7.35. The van der Waals surface area contributed by atoms with E-state index in [-0.39, 0.29) is 11.7 Å². The minimum atomic E-state index is -0.673. The van der Waals surface area contributed by atoms with E-state index in [1.54, 1.807) is 31.3 Å². The normalized spacial score (nSPS) is 11.8. The predicted molar refractivity (Wildman–Crippen MR) is 84.9 cm³/mol. The van der Waals surface area contributed by atoms with Crippen molar-refractivity contribution in [2.45, 2.75) is 19.6 Å². The largest absolute Gasteiger partial charge is 0.480 e. The Morgan fingerprint density at radius 1 is 1.36 bits per heavy atom. The van der Waals surface area contributed by atoms with Gasteiger partial charge in [-0.25, -0.2) is 4.39 Å². The number of nitrogens with zero attached hydrogens (tertiary/aromatic N) is 2. The number of halogens is 2. The van der Waals surface area contributed by atoms with E-state index >= 15 is 0 Å². The highest BCUT2D eigenvalue weighted by atomic mass is 79.9. The summed E-state index contributed by atoms with van der Waals surface area (Å²) >= 11 is 3.22. The fourth-order valence-corrected chi connectivity index (χ4v) is 2.41. The SMILES string of the molecule is CC(Oc1ccc(F)cc1Br)C(=O)N(C)Cc1ccncc1. The summed E-state index contributed by atoms with van der Waals surface area (Å²) < 4.78 is 19.1. The van der Waals surface area contributed by atoms with Crippen molar-refractivity contribution in [2.24, 2.45) is 0 Å². The van der Waals surface area contributed by atoms with Gasteiger partial charge in [0.1, 0.15) is 11.6 Å². The third-order valence-corrected chi connectivity index (χ3v) is 3.71. The summed E-state index contributed by atoms with van der Waals surface area (Å²) in [6, 6.07) is 7.79. The zero-order valence-electron chi connectivity index (χ0n) is 12.3. The Bertz CT molecular complexity index is 652. The molecule has 0 radical (unpaired) electrons. The van der Waals surface area contributed by atoms with Crippen LogP contribution in [0.2, 0.25) is 0 Å². The number of ether oxygens (including phenoxy) is 1. The quantitative estimate of drug-likeness (QED) is 0.814. The van der Waals surface area contributed by atoms with E-state index in [4.69, 9.17) is 4.74 Å². The molecule has 4 nitrogen and oxygen atoms in total. The first-order valence-corrected chi connectivity index (χ1v) is 7.52. The van der Waals surface area contributed by atoms with E-state index in [1.165, 1.54) is 18.2 Å². The van der Waals surface area contributed by atoms with E-state index in [2.05, 4.69) is 20.9 Å². The highest BCUT2D eigenvalue weighted by molar-refractivity contribution is 9.10. The van der Waals surface area contributed by atoms with E-state index < -0.39 is 6.10 Å². The molecular formula is C16H16BrFN2O2. The van der Waals surface area contributed by atoms with Crippen LogP contribution in [0.1, 0.15) is 12.5 Å². The third kappa shape index (κ3) is 4.27. The summed E-state index contributed by atoms with van der Waals surface area (Å²) in [6.07, 6.45) is 2.69. The van der Waals surface area contributed by atoms with E-state index in [1.807, 2.05) is 12.1 Å². The van der Waals surface area contributed by atoms with Crippen molar-refractivity contribution >= 4 is 21.8 Å². The van der Waals surface area contributed by atoms with Gasteiger partial charge in [0.2, 0.25) is 0 Å². The molecule has 1 heterocycles. The fraction of sp³-hybridized carbons (Fsp3) is 0.250. The van der Waals surface area contributed by atoms with Crippen molar-refractivity contribution in [3.8, 4) is 5.75 Å². The van der Waals surface area contributed by atoms with Crippen LogP contribution in [-0.2, 0) is 11.3 Å². The summed E-state index contributed by atoms with van der Waals surface area (Å²) in [7, 11) is 1.71. The van der Waals surface area contributed by atoms with E-state index in [9.17, 15) is 9.18 Å².